The molecule has 0 spiro atoms. The van der Waals surface area contributed by atoms with Gasteiger partial charge in [0.1, 0.15) is 4.47 Å². The molecule has 1 N–H and O–H groups in total. The van der Waals surface area contributed by atoms with Crippen molar-refractivity contribution in [2.24, 2.45) is 0 Å². The fourth-order valence-corrected chi connectivity index (χ4v) is 2.73. The lowest BCUT2D eigenvalue weighted by Crippen LogP contribution is -2.17. The predicted octanol–water partition coefficient (Wildman–Crippen LogP) is 3.42. The zero-order valence-electron chi connectivity index (χ0n) is 10.8. The maximum Gasteiger partial charge on any atom is 0.281 e. The zero-order chi connectivity index (χ0) is 13.3. The molecule has 0 atom stereocenters. The summed E-state index contributed by atoms with van der Waals surface area (Å²) < 4.78 is 2.29. The van der Waals surface area contributed by atoms with Crippen molar-refractivity contribution in [3.8, 4) is 0 Å². The van der Waals surface area contributed by atoms with Gasteiger partial charge in [-0.3, -0.25) is 9.89 Å². The van der Waals surface area contributed by atoms with E-state index in [9.17, 15) is 4.79 Å². The van der Waals surface area contributed by atoms with Crippen LogP contribution in [0.1, 0.15) is 36.6 Å². The summed E-state index contributed by atoms with van der Waals surface area (Å²) in [6, 6.07) is 8.19. The number of nitrogens with one attached hydrogen (secondary N) is 1. The van der Waals surface area contributed by atoms with Gasteiger partial charge in [-0.1, -0.05) is 43.7 Å². The fourth-order valence-electron chi connectivity index (χ4n) is 1.97. The van der Waals surface area contributed by atoms with Crippen molar-refractivity contribution in [2.75, 3.05) is 0 Å². The van der Waals surface area contributed by atoms with Gasteiger partial charge in [-0.2, -0.15) is 0 Å². The second-order valence-electron chi connectivity index (χ2n) is 4.87. The third-order valence-corrected chi connectivity index (χ3v) is 3.69. The molecule has 4 heteroatoms. The predicted molar refractivity (Wildman–Crippen MR) is 77.1 cm³/mol. The first-order valence-corrected chi connectivity index (χ1v) is 6.82. The summed E-state index contributed by atoms with van der Waals surface area (Å²) >= 11 is 3.36. The number of benzene rings is 1. The first-order chi connectivity index (χ1) is 8.49. The van der Waals surface area contributed by atoms with Gasteiger partial charge in [-0.25, -0.2) is 4.68 Å². The van der Waals surface area contributed by atoms with E-state index in [1.807, 2.05) is 12.1 Å². The topological polar surface area (TPSA) is 37.8 Å². The van der Waals surface area contributed by atoms with Crippen LogP contribution in [-0.4, -0.2) is 9.78 Å². The quantitative estimate of drug-likeness (QED) is 0.927. The molecule has 18 heavy (non-hydrogen) atoms. The highest BCUT2D eigenvalue weighted by atomic mass is 79.9. The monoisotopic (exact) mass is 308 g/mol. The van der Waals surface area contributed by atoms with E-state index in [2.05, 4.69) is 53.9 Å². The molecule has 96 valence electrons. The Labute approximate surface area is 115 Å². The van der Waals surface area contributed by atoms with Crippen LogP contribution in [-0.2, 0) is 6.54 Å². The van der Waals surface area contributed by atoms with E-state index in [1.54, 1.807) is 4.68 Å². The summed E-state index contributed by atoms with van der Waals surface area (Å²) in [5, 5.41) is 3.17. The van der Waals surface area contributed by atoms with E-state index in [4.69, 9.17) is 0 Å². The number of rotatable bonds is 3. The maximum absolute atomic E-state index is 12.1. The Morgan fingerprint density at radius 3 is 2.67 bits per heavy atom. The van der Waals surface area contributed by atoms with Gasteiger partial charge in [0.15, 0.2) is 0 Å². The van der Waals surface area contributed by atoms with Gasteiger partial charge in [0.25, 0.3) is 5.56 Å². The molecule has 0 radical (unpaired) electrons. The van der Waals surface area contributed by atoms with Gasteiger partial charge in [-0.15, -0.1) is 0 Å². The number of aromatic nitrogens is 2. The third-order valence-electron chi connectivity index (χ3n) is 2.93. The molecule has 1 aromatic carbocycles. The molecule has 0 bridgehead atoms. The van der Waals surface area contributed by atoms with Crippen molar-refractivity contribution in [2.45, 2.75) is 33.2 Å². The average Bonchev–Trinajstić information content (AvgIpc) is 2.58. The molecule has 0 unspecified atom stereocenters. The van der Waals surface area contributed by atoms with Crippen molar-refractivity contribution in [1.82, 2.24) is 9.78 Å². The molecule has 1 heterocycles. The summed E-state index contributed by atoms with van der Waals surface area (Å²) in [5.74, 6) is 0.297. The van der Waals surface area contributed by atoms with Crippen LogP contribution in [0.2, 0.25) is 0 Å². The largest absolute Gasteiger partial charge is 0.298 e. The first kappa shape index (κ1) is 13.1. The normalized spacial score (nSPS) is 11.2. The second-order valence-corrected chi connectivity index (χ2v) is 5.67. The number of nitrogens with zero attached hydrogens (tertiary/aromatic N) is 1. The third kappa shape index (κ3) is 2.58. The minimum Gasteiger partial charge on any atom is -0.298 e. The van der Waals surface area contributed by atoms with Gasteiger partial charge in [0.2, 0.25) is 0 Å². The van der Waals surface area contributed by atoms with Gasteiger partial charge < -0.3 is 0 Å². The Morgan fingerprint density at radius 1 is 1.39 bits per heavy atom. The molecular weight excluding hydrogens is 292 g/mol. The highest BCUT2D eigenvalue weighted by molar-refractivity contribution is 9.10. The number of H-pyrrole nitrogens is 1. The molecule has 0 saturated carbocycles. The van der Waals surface area contributed by atoms with Crippen molar-refractivity contribution in [3.63, 3.8) is 0 Å². The maximum atomic E-state index is 12.1. The summed E-state index contributed by atoms with van der Waals surface area (Å²) in [4.78, 5) is 12.1. The molecular formula is C14H17BrN2O. The number of hydrogen-bond acceptors (Lipinski definition) is 1. The molecule has 0 aliphatic rings. The molecule has 2 aromatic rings. The van der Waals surface area contributed by atoms with Crippen molar-refractivity contribution in [1.29, 1.82) is 0 Å². The van der Waals surface area contributed by atoms with E-state index < -0.39 is 0 Å². The molecule has 0 aliphatic heterocycles. The van der Waals surface area contributed by atoms with Crippen LogP contribution < -0.4 is 5.56 Å². The van der Waals surface area contributed by atoms with E-state index in [0.29, 0.717) is 16.9 Å². The second kappa shape index (κ2) is 5.14. The fraction of sp³-hybridized carbons (Fsp3) is 0.357. The van der Waals surface area contributed by atoms with E-state index in [1.165, 1.54) is 5.56 Å². The van der Waals surface area contributed by atoms with Gasteiger partial charge in [-0.05, 0) is 34.3 Å². The SMILES string of the molecule is Cc1cccc(Cn2[nH]c(C(C)C)c(Br)c2=O)c1. The standard InChI is InChI=1S/C14H17BrN2O/c1-9(2)13-12(15)14(18)17(16-13)8-11-6-4-5-10(3)7-11/h4-7,9,16H,8H2,1-3H3. The van der Waals surface area contributed by atoms with Crippen LogP contribution in [0.3, 0.4) is 0 Å². The Kier molecular flexibility index (Phi) is 3.76. The van der Waals surface area contributed by atoms with Crippen molar-refractivity contribution >= 4 is 15.9 Å². The summed E-state index contributed by atoms with van der Waals surface area (Å²) in [6.45, 7) is 6.75. The Bertz CT molecular complexity index is 610. The minimum atomic E-state index is 0.000191. The smallest absolute Gasteiger partial charge is 0.281 e. The Morgan fingerprint density at radius 2 is 2.11 bits per heavy atom. The minimum absolute atomic E-state index is 0.000191. The summed E-state index contributed by atoms with van der Waals surface area (Å²) in [7, 11) is 0. The molecule has 3 nitrogen and oxygen atoms in total. The van der Waals surface area contributed by atoms with Crippen molar-refractivity contribution < 1.29 is 0 Å². The van der Waals surface area contributed by atoms with Crippen molar-refractivity contribution in [3.05, 3.63) is 55.9 Å². The van der Waals surface area contributed by atoms with Crippen LogP contribution in [0, 0.1) is 6.92 Å². The molecule has 0 amide bonds. The lowest BCUT2D eigenvalue weighted by atomic mass is 10.1. The van der Waals surface area contributed by atoms with Crippen LogP contribution in [0.5, 0.6) is 0 Å². The number of aromatic amines is 1. The van der Waals surface area contributed by atoms with E-state index in [-0.39, 0.29) is 5.56 Å². The Balaban J connectivity index is 2.36. The lowest BCUT2D eigenvalue weighted by Gasteiger charge is -2.04. The molecule has 1 aromatic heterocycles. The first-order valence-electron chi connectivity index (χ1n) is 6.02. The summed E-state index contributed by atoms with van der Waals surface area (Å²) in [6.07, 6.45) is 0. The van der Waals surface area contributed by atoms with E-state index in [0.717, 1.165) is 11.3 Å². The molecule has 2 rings (SSSR count). The molecule has 0 fully saturated rings. The van der Waals surface area contributed by atoms with Gasteiger partial charge in [0.05, 0.1) is 12.2 Å². The number of hydrogen-bond donors (Lipinski definition) is 1. The average molecular weight is 309 g/mol. The summed E-state index contributed by atoms with van der Waals surface area (Å²) in [5.41, 5.74) is 3.28. The van der Waals surface area contributed by atoms with Crippen LogP contribution in [0.15, 0.2) is 33.5 Å². The highest BCUT2D eigenvalue weighted by Gasteiger charge is 2.14. The van der Waals surface area contributed by atoms with E-state index >= 15 is 0 Å². The Hall–Kier alpha value is -1.29. The zero-order valence-corrected chi connectivity index (χ0v) is 12.4. The van der Waals surface area contributed by atoms with Gasteiger partial charge >= 0.3 is 0 Å². The van der Waals surface area contributed by atoms with Crippen LogP contribution in [0.25, 0.3) is 0 Å². The highest BCUT2D eigenvalue weighted by Crippen LogP contribution is 2.19. The molecule has 0 aliphatic carbocycles. The number of halogens is 1. The van der Waals surface area contributed by atoms with Gasteiger partial charge in [0, 0.05) is 0 Å². The van der Waals surface area contributed by atoms with Crippen LogP contribution in [0.4, 0.5) is 0 Å². The van der Waals surface area contributed by atoms with Crippen LogP contribution >= 0.6 is 15.9 Å². The molecule has 0 saturated heterocycles. The lowest BCUT2D eigenvalue weighted by molar-refractivity contribution is 0.640. The number of aryl methyl sites for hydroxylation is 1.